The number of hydrogen-bond acceptors (Lipinski definition) is 4. The zero-order valence-corrected chi connectivity index (χ0v) is 16.0. The van der Waals surface area contributed by atoms with Crippen molar-refractivity contribution in [2.75, 3.05) is 13.2 Å². The molecule has 0 spiro atoms. The molecule has 5 nitrogen and oxygen atoms in total. The Kier molecular flexibility index (Phi) is 21.7. The van der Waals surface area contributed by atoms with Crippen LogP contribution in [-0.2, 0) is 9.53 Å². The SMILES string of the molecule is CC(O)COC(C)CO.CCCCCCCCCCCCC(=O)O. The summed E-state index contributed by atoms with van der Waals surface area (Å²) in [5.41, 5.74) is 0. The van der Waals surface area contributed by atoms with Crippen molar-refractivity contribution in [3.63, 3.8) is 0 Å². The van der Waals surface area contributed by atoms with Crippen molar-refractivity contribution in [3.05, 3.63) is 0 Å². The number of unbranched alkanes of at least 4 members (excludes halogenated alkanes) is 9. The van der Waals surface area contributed by atoms with Crippen molar-refractivity contribution in [2.24, 2.45) is 0 Å². The minimum Gasteiger partial charge on any atom is -0.481 e. The van der Waals surface area contributed by atoms with Crippen molar-refractivity contribution < 1.29 is 24.9 Å². The molecule has 0 aliphatic rings. The highest BCUT2D eigenvalue weighted by Crippen LogP contribution is 2.11. The fraction of sp³-hybridized carbons (Fsp3) is 0.947. The van der Waals surface area contributed by atoms with Gasteiger partial charge in [0, 0.05) is 6.42 Å². The zero-order chi connectivity index (χ0) is 18.6. The number of carbonyl (C=O) groups is 1. The van der Waals surface area contributed by atoms with Crippen LogP contribution in [0.2, 0.25) is 0 Å². The van der Waals surface area contributed by atoms with Crippen LogP contribution in [0.5, 0.6) is 0 Å². The minimum absolute atomic E-state index is 0.00667. The third kappa shape index (κ3) is 26.3. The van der Waals surface area contributed by atoms with Crippen molar-refractivity contribution >= 4 is 5.97 Å². The van der Waals surface area contributed by atoms with Gasteiger partial charge in [-0.1, -0.05) is 64.7 Å². The third-order valence-electron chi connectivity index (χ3n) is 3.62. The summed E-state index contributed by atoms with van der Waals surface area (Å²) in [5.74, 6) is -0.658. The lowest BCUT2D eigenvalue weighted by Gasteiger charge is -2.10. The van der Waals surface area contributed by atoms with Crippen molar-refractivity contribution in [1.29, 1.82) is 0 Å². The molecule has 0 saturated heterocycles. The van der Waals surface area contributed by atoms with E-state index in [0.717, 1.165) is 12.8 Å². The predicted octanol–water partition coefficient (Wildman–Crippen LogP) is 4.15. The first kappa shape index (κ1) is 25.6. The lowest BCUT2D eigenvalue weighted by atomic mass is 10.1. The van der Waals surface area contributed by atoms with E-state index in [4.69, 9.17) is 20.1 Å². The summed E-state index contributed by atoms with van der Waals surface area (Å²) in [4.78, 5) is 10.2. The number of aliphatic hydroxyl groups is 2. The Morgan fingerprint density at radius 2 is 1.38 bits per heavy atom. The van der Waals surface area contributed by atoms with Crippen LogP contribution in [0.15, 0.2) is 0 Å². The number of ether oxygens (including phenoxy) is 1. The Morgan fingerprint density at radius 3 is 1.75 bits per heavy atom. The molecule has 0 aromatic carbocycles. The molecule has 0 saturated carbocycles. The van der Waals surface area contributed by atoms with Crippen LogP contribution in [0.25, 0.3) is 0 Å². The maximum atomic E-state index is 10.2. The Morgan fingerprint density at radius 1 is 0.917 bits per heavy atom. The highest BCUT2D eigenvalue weighted by molar-refractivity contribution is 5.66. The molecule has 2 unspecified atom stereocenters. The molecule has 5 heteroatoms. The van der Waals surface area contributed by atoms with Gasteiger partial charge < -0.3 is 20.1 Å². The van der Waals surface area contributed by atoms with Gasteiger partial charge in [0.25, 0.3) is 0 Å². The van der Waals surface area contributed by atoms with Gasteiger partial charge in [0.2, 0.25) is 0 Å². The van der Waals surface area contributed by atoms with E-state index in [9.17, 15) is 4.79 Å². The van der Waals surface area contributed by atoms with Gasteiger partial charge >= 0.3 is 5.97 Å². The highest BCUT2D eigenvalue weighted by atomic mass is 16.5. The molecule has 146 valence electrons. The van der Waals surface area contributed by atoms with Crippen LogP contribution in [-0.4, -0.2) is 46.7 Å². The Hall–Kier alpha value is -0.650. The Balaban J connectivity index is 0. The first-order valence-corrected chi connectivity index (χ1v) is 9.56. The number of aliphatic hydroxyl groups excluding tert-OH is 2. The van der Waals surface area contributed by atoms with Crippen LogP contribution >= 0.6 is 0 Å². The molecule has 0 aromatic heterocycles. The van der Waals surface area contributed by atoms with Crippen molar-refractivity contribution in [1.82, 2.24) is 0 Å². The van der Waals surface area contributed by atoms with E-state index in [1.807, 2.05) is 0 Å². The Labute approximate surface area is 148 Å². The number of carboxylic acids is 1. The molecule has 2 atom stereocenters. The molecule has 0 amide bonds. The summed E-state index contributed by atoms with van der Waals surface area (Å²) in [7, 11) is 0. The number of hydrogen-bond donors (Lipinski definition) is 3. The quantitative estimate of drug-likeness (QED) is 0.387. The van der Waals surface area contributed by atoms with Crippen LogP contribution in [0.1, 0.15) is 91.4 Å². The zero-order valence-electron chi connectivity index (χ0n) is 16.0. The van der Waals surface area contributed by atoms with Crippen LogP contribution in [0, 0.1) is 0 Å². The molecule has 0 aromatic rings. The fourth-order valence-electron chi connectivity index (χ4n) is 2.12. The maximum absolute atomic E-state index is 10.2. The molecule has 0 rings (SSSR count). The summed E-state index contributed by atoms with van der Waals surface area (Å²) in [6.45, 7) is 5.93. The molecule has 3 N–H and O–H groups in total. The largest absolute Gasteiger partial charge is 0.481 e. The van der Waals surface area contributed by atoms with Crippen LogP contribution < -0.4 is 0 Å². The lowest BCUT2D eigenvalue weighted by Crippen LogP contribution is -2.19. The van der Waals surface area contributed by atoms with Gasteiger partial charge in [-0.25, -0.2) is 0 Å². The summed E-state index contributed by atoms with van der Waals surface area (Å²) in [6, 6.07) is 0. The molecule has 0 aliphatic heterocycles. The molecule has 24 heavy (non-hydrogen) atoms. The molecule has 0 heterocycles. The molecule has 0 aliphatic carbocycles. The second-order valence-electron chi connectivity index (χ2n) is 6.50. The van der Waals surface area contributed by atoms with Gasteiger partial charge in [0.1, 0.15) is 0 Å². The van der Waals surface area contributed by atoms with E-state index in [1.165, 1.54) is 51.4 Å². The van der Waals surface area contributed by atoms with Gasteiger partial charge in [-0.05, 0) is 20.3 Å². The van der Waals surface area contributed by atoms with Gasteiger partial charge in [0.15, 0.2) is 0 Å². The summed E-state index contributed by atoms with van der Waals surface area (Å²) < 4.78 is 4.95. The highest BCUT2D eigenvalue weighted by Gasteiger charge is 2.00. The van der Waals surface area contributed by atoms with E-state index in [-0.39, 0.29) is 12.7 Å². The summed E-state index contributed by atoms with van der Waals surface area (Å²) >= 11 is 0. The standard InChI is InChI=1S/C13H26O2.C6H14O3/c1-2-3-4-5-6-7-8-9-10-11-12-13(14)15;1-5(8)4-9-6(2)3-7/h2-12H2,1H3,(H,14,15);5-8H,3-4H2,1-2H3. The summed E-state index contributed by atoms with van der Waals surface area (Å²) in [6.07, 6.45) is 12.3. The maximum Gasteiger partial charge on any atom is 0.303 e. The Bertz CT molecular complexity index is 256. The average molecular weight is 349 g/mol. The fourth-order valence-corrected chi connectivity index (χ4v) is 2.12. The minimum atomic E-state index is -0.658. The predicted molar refractivity (Wildman–Crippen MR) is 98.3 cm³/mol. The van der Waals surface area contributed by atoms with Gasteiger partial charge in [-0.2, -0.15) is 0 Å². The number of aliphatic carboxylic acids is 1. The van der Waals surface area contributed by atoms with Gasteiger partial charge in [0.05, 0.1) is 25.4 Å². The van der Waals surface area contributed by atoms with Crippen LogP contribution in [0.4, 0.5) is 0 Å². The van der Waals surface area contributed by atoms with Gasteiger partial charge in [-0.3, -0.25) is 4.79 Å². The first-order chi connectivity index (χ1) is 11.4. The smallest absolute Gasteiger partial charge is 0.303 e. The number of rotatable bonds is 15. The van der Waals surface area contributed by atoms with E-state index in [2.05, 4.69) is 6.92 Å². The number of carboxylic acid groups (broad SMARTS) is 1. The normalized spacial score (nSPS) is 13.0. The van der Waals surface area contributed by atoms with E-state index in [0.29, 0.717) is 13.0 Å². The average Bonchev–Trinajstić information content (AvgIpc) is 2.54. The lowest BCUT2D eigenvalue weighted by molar-refractivity contribution is -0.137. The van der Waals surface area contributed by atoms with E-state index >= 15 is 0 Å². The monoisotopic (exact) mass is 348 g/mol. The summed E-state index contributed by atoms with van der Waals surface area (Å²) in [5, 5.41) is 25.6. The van der Waals surface area contributed by atoms with E-state index < -0.39 is 12.1 Å². The first-order valence-electron chi connectivity index (χ1n) is 9.56. The molecule has 0 fully saturated rings. The van der Waals surface area contributed by atoms with Crippen molar-refractivity contribution in [2.45, 2.75) is 104 Å². The third-order valence-corrected chi connectivity index (χ3v) is 3.62. The molecule has 0 bridgehead atoms. The topological polar surface area (TPSA) is 87.0 Å². The molecule has 0 radical (unpaired) electrons. The van der Waals surface area contributed by atoms with E-state index in [1.54, 1.807) is 13.8 Å². The molecular weight excluding hydrogens is 308 g/mol. The second kappa shape index (κ2) is 20.4. The van der Waals surface area contributed by atoms with Gasteiger partial charge in [-0.15, -0.1) is 0 Å². The molecular formula is C19H40O5. The second-order valence-corrected chi connectivity index (χ2v) is 6.50. The van der Waals surface area contributed by atoms with Crippen molar-refractivity contribution in [3.8, 4) is 0 Å². The van der Waals surface area contributed by atoms with Crippen LogP contribution in [0.3, 0.4) is 0 Å².